The summed E-state index contributed by atoms with van der Waals surface area (Å²) in [7, 11) is 0. The van der Waals surface area contributed by atoms with Gasteiger partial charge in [0.1, 0.15) is 5.75 Å². The molecular weight excluding hydrogens is 400 g/mol. The Labute approximate surface area is 180 Å². The number of aromatic nitrogens is 2. The van der Waals surface area contributed by atoms with E-state index in [1.807, 2.05) is 19.9 Å². The van der Waals surface area contributed by atoms with E-state index < -0.39 is 18.5 Å². The monoisotopic (exact) mass is 426 g/mol. The number of anilines is 1. The summed E-state index contributed by atoms with van der Waals surface area (Å²) in [6, 6.07) is 11.4. The zero-order chi connectivity index (χ0) is 22.6. The summed E-state index contributed by atoms with van der Waals surface area (Å²) >= 11 is 0. The van der Waals surface area contributed by atoms with Crippen LogP contribution in [0, 0.1) is 11.3 Å². The predicted octanol–water partition coefficient (Wildman–Crippen LogP) is 2.55. The second-order valence-corrected chi connectivity index (χ2v) is 6.59. The number of benzene rings is 1. The smallest absolute Gasteiger partial charge is 0.359 e. The molecule has 0 N–H and O–H groups in total. The quantitative estimate of drug-likeness (QED) is 0.507. The molecule has 31 heavy (non-hydrogen) atoms. The second kappa shape index (κ2) is 12.1. The van der Waals surface area contributed by atoms with E-state index in [9.17, 15) is 14.4 Å². The second-order valence-electron chi connectivity index (χ2n) is 6.59. The molecule has 1 amide bonds. The highest BCUT2D eigenvalue weighted by atomic mass is 16.5. The Hall–Kier alpha value is -3.67. The molecule has 0 radical (unpaired) electrons. The third-order valence-electron chi connectivity index (χ3n) is 4.33. The van der Waals surface area contributed by atoms with Crippen molar-refractivity contribution in [2.45, 2.75) is 39.7 Å². The minimum Gasteiger partial charge on any atom is -0.494 e. The van der Waals surface area contributed by atoms with E-state index in [0.717, 1.165) is 12.8 Å². The Bertz CT molecular complexity index is 979. The summed E-state index contributed by atoms with van der Waals surface area (Å²) < 4.78 is 11.7. The summed E-state index contributed by atoms with van der Waals surface area (Å²) in [4.78, 5) is 38.2. The average Bonchev–Trinajstić information content (AvgIpc) is 2.78. The van der Waals surface area contributed by atoms with Crippen LogP contribution in [0.25, 0.3) is 0 Å². The molecule has 9 nitrogen and oxygen atoms in total. The van der Waals surface area contributed by atoms with Gasteiger partial charge in [0, 0.05) is 24.8 Å². The molecule has 0 spiro atoms. The van der Waals surface area contributed by atoms with E-state index in [1.54, 1.807) is 24.3 Å². The molecule has 1 aromatic heterocycles. The first-order chi connectivity index (χ1) is 15.0. The van der Waals surface area contributed by atoms with E-state index in [1.165, 1.54) is 21.7 Å². The van der Waals surface area contributed by atoms with Crippen LogP contribution >= 0.6 is 0 Å². The van der Waals surface area contributed by atoms with Gasteiger partial charge in [-0.1, -0.05) is 13.3 Å². The average molecular weight is 426 g/mol. The van der Waals surface area contributed by atoms with Crippen molar-refractivity contribution in [3.8, 4) is 11.8 Å². The van der Waals surface area contributed by atoms with Crippen LogP contribution in [-0.2, 0) is 16.1 Å². The number of ether oxygens (including phenoxy) is 2. The largest absolute Gasteiger partial charge is 0.494 e. The highest BCUT2D eigenvalue weighted by Crippen LogP contribution is 2.20. The van der Waals surface area contributed by atoms with Crippen LogP contribution < -0.4 is 15.2 Å². The molecule has 1 aromatic carbocycles. The van der Waals surface area contributed by atoms with Crippen LogP contribution in [0.15, 0.2) is 41.2 Å². The van der Waals surface area contributed by atoms with Gasteiger partial charge in [0.25, 0.3) is 11.5 Å². The lowest BCUT2D eigenvalue weighted by molar-refractivity contribution is -0.121. The van der Waals surface area contributed by atoms with Gasteiger partial charge in [-0.05, 0) is 43.7 Å². The zero-order valence-corrected chi connectivity index (χ0v) is 17.7. The topological polar surface area (TPSA) is 115 Å². The van der Waals surface area contributed by atoms with Crippen molar-refractivity contribution in [2.75, 3.05) is 24.7 Å². The third kappa shape index (κ3) is 6.96. The van der Waals surface area contributed by atoms with Crippen molar-refractivity contribution < 1.29 is 19.1 Å². The minimum atomic E-state index is -0.800. The third-order valence-corrected chi connectivity index (χ3v) is 4.33. The van der Waals surface area contributed by atoms with Crippen molar-refractivity contribution in [1.29, 1.82) is 5.26 Å². The minimum absolute atomic E-state index is 0.0480. The van der Waals surface area contributed by atoms with E-state index >= 15 is 0 Å². The van der Waals surface area contributed by atoms with E-state index in [2.05, 4.69) is 5.10 Å². The predicted molar refractivity (Wildman–Crippen MR) is 114 cm³/mol. The maximum absolute atomic E-state index is 12.7. The summed E-state index contributed by atoms with van der Waals surface area (Å²) in [6.07, 6.45) is 1.75. The Morgan fingerprint density at radius 1 is 1.16 bits per heavy atom. The lowest BCUT2D eigenvalue weighted by Crippen LogP contribution is -2.35. The maximum atomic E-state index is 12.7. The number of hydrogen-bond donors (Lipinski definition) is 0. The van der Waals surface area contributed by atoms with Gasteiger partial charge in [-0.25, -0.2) is 9.48 Å². The molecule has 2 rings (SSSR count). The molecule has 1 heterocycles. The maximum Gasteiger partial charge on any atom is 0.359 e. The molecule has 0 saturated heterocycles. The zero-order valence-electron chi connectivity index (χ0n) is 17.7. The van der Waals surface area contributed by atoms with Gasteiger partial charge in [0.2, 0.25) is 0 Å². The number of carbonyl (C=O) groups is 2. The lowest BCUT2D eigenvalue weighted by atomic mass is 10.2. The van der Waals surface area contributed by atoms with Gasteiger partial charge in [-0.2, -0.15) is 10.4 Å². The number of unbranched alkanes of at least 4 members (excludes halogenated alkanes) is 1. The van der Waals surface area contributed by atoms with Crippen molar-refractivity contribution in [3.05, 3.63) is 52.4 Å². The summed E-state index contributed by atoms with van der Waals surface area (Å²) in [5, 5.41) is 12.9. The Balaban J connectivity index is 2.07. The van der Waals surface area contributed by atoms with Crippen LogP contribution in [0.1, 0.15) is 43.6 Å². The van der Waals surface area contributed by atoms with Crippen molar-refractivity contribution >= 4 is 17.6 Å². The summed E-state index contributed by atoms with van der Waals surface area (Å²) in [6.45, 7) is 4.41. The van der Waals surface area contributed by atoms with Gasteiger partial charge >= 0.3 is 5.97 Å². The standard InChI is InChI=1S/C22H26N4O5/c1-3-5-15-26-20(27)12-11-19(24-26)22(29)31-16-21(28)25(14-6-13-23)17-7-9-18(10-8-17)30-4-2/h7-12H,3-6,14-16H2,1-2H3. The first-order valence-corrected chi connectivity index (χ1v) is 10.2. The summed E-state index contributed by atoms with van der Waals surface area (Å²) in [5.41, 5.74) is 0.207. The molecule has 0 aliphatic carbocycles. The number of rotatable bonds is 11. The molecule has 0 fully saturated rings. The highest BCUT2D eigenvalue weighted by molar-refractivity contribution is 5.96. The molecule has 0 aliphatic rings. The first-order valence-electron chi connectivity index (χ1n) is 10.2. The van der Waals surface area contributed by atoms with Gasteiger partial charge in [-0.3, -0.25) is 9.59 Å². The Morgan fingerprint density at radius 3 is 2.55 bits per heavy atom. The first kappa shape index (κ1) is 23.6. The van der Waals surface area contributed by atoms with Crippen molar-refractivity contribution in [3.63, 3.8) is 0 Å². The fourth-order valence-electron chi connectivity index (χ4n) is 2.75. The normalized spacial score (nSPS) is 10.2. The number of hydrogen-bond acceptors (Lipinski definition) is 7. The molecule has 0 atom stereocenters. The number of nitrogens with zero attached hydrogens (tertiary/aromatic N) is 4. The Morgan fingerprint density at radius 2 is 1.90 bits per heavy atom. The van der Waals surface area contributed by atoms with E-state index in [-0.39, 0.29) is 24.2 Å². The van der Waals surface area contributed by atoms with Crippen molar-refractivity contribution in [2.24, 2.45) is 0 Å². The molecule has 0 bridgehead atoms. The molecule has 164 valence electrons. The SMILES string of the molecule is CCCCn1nc(C(=O)OCC(=O)N(CCC#N)c2ccc(OCC)cc2)ccc1=O. The lowest BCUT2D eigenvalue weighted by Gasteiger charge is -2.22. The molecule has 9 heteroatoms. The number of esters is 1. The van der Waals surface area contributed by atoms with Crippen LogP contribution in [0.5, 0.6) is 5.75 Å². The Kier molecular flexibility index (Phi) is 9.23. The number of nitriles is 1. The molecular formula is C22H26N4O5. The van der Waals surface area contributed by atoms with E-state index in [0.29, 0.717) is 24.6 Å². The van der Waals surface area contributed by atoms with Crippen LogP contribution in [-0.4, -0.2) is 41.4 Å². The van der Waals surface area contributed by atoms with Crippen molar-refractivity contribution in [1.82, 2.24) is 9.78 Å². The molecule has 2 aromatic rings. The van der Waals surface area contributed by atoms with Crippen LogP contribution in [0.4, 0.5) is 5.69 Å². The van der Waals surface area contributed by atoms with Gasteiger partial charge < -0.3 is 14.4 Å². The highest BCUT2D eigenvalue weighted by Gasteiger charge is 2.19. The molecule has 0 saturated carbocycles. The fourth-order valence-corrected chi connectivity index (χ4v) is 2.75. The molecule has 0 unspecified atom stereocenters. The van der Waals surface area contributed by atoms with Gasteiger partial charge in [0.15, 0.2) is 12.3 Å². The number of aryl methyl sites for hydroxylation is 1. The number of carbonyl (C=O) groups excluding carboxylic acids is 2. The van der Waals surface area contributed by atoms with Gasteiger partial charge in [-0.15, -0.1) is 0 Å². The fraction of sp³-hybridized carbons (Fsp3) is 0.409. The molecule has 0 aliphatic heterocycles. The van der Waals surface area contributed by atoms with Crippen LogP contribution in [0.2, 0.25) is 0 Å². The summed E-state index contributed by atoms with van der Waals surface area (Å²) in [5.74, 6) is -0.618. The van der Waals surface area contributed by atoms with E-state index in [4.69, 9.17) is 14.7 Å². The van der Waals surface area contributed by atoms with Gasteiger partial charge in [0.05, 0.1) is 19.1 Å². The van der Waals surface area contributed by atoms with Crippen LogP contribution in [0.3, 0.4) is 0 Å². The number of amides is 1.